The van der Waals surface area contributed by atoms with Crippen LogP contribution in [0.2, 0.25) is 0 Å². The van der Waals surface area contributed by atoms with Crippen LogP contribution >= 0.6 is 11.3 Å². The lowest BCUT2D eigenvalue weighted by atomic mass is 9.93. The molecule has 3 aromatic rings. The van der Waals surface area contributed by atoms with Gasteiger partial charge in [-0.3, -0.25) is 10.1 Å². The third kappa shape index (κ3) is 5.65. The largest absolute Gasteiger partial charge is 0.325 e. The van der Waals surface area contributed by atoms with Gasteiger partial charge in [-0.05, 0) is 43.3 Å². The summed E-state index contributed by atoms with van der Waals surface area (Å²) in [6.07, 6.45) is 0. The van der Waals surface area contributed by atoms with E-state index < -0.39 is 0 Å². The van der Waals surface area contributed by atoms with Crippen LogP contribution in [-0.4, -0.2) is 16.9 Å². The number of nitrogens with one attached hydrogen (secondary N) is 3. The molecule has 1 heterocycles. The number of anilines is 3. The van der Waals surface area contributed by atoms with Gasteiger partial charge in [-0.15, -0.1) is 11.3 Å². The van der Waals surface area contributed by atoms with Crippen molar-refractivity contribution in [2.24, 2.45) is 0 Å². The average Bonchev–Trinajstić information content (AvgIpc) is 3.12. The van der Waals surface area contributed by atoms with Gasteiger partial charge in [0.15, 0.2) is 5.13 Å². The Labute approximate surface area is 174 Å². The highest BCUT2D eigenvalue weighted by Crippen LogP contribution is 2.26. The minimum absolute atomic E-state index is 0.0637. The maximum absolute atomic E-state index is 12.3. The van der Waals surface area contributed by atoms with Crippen molar-refractivity contribution in [3.05, 3.63) is 70.7 Å². The first-order chi connectivity index (χ1) is 13.7. The van der Waals surface area contributed by atoms with E-state index in [2.05, 4.69) is 41.7 Å². The third-order valence-electron chi connectivity index (χ3n) is 4.21. The maximum Gasteiger partial charge on any atom is 0.325 e. The monoisotopic (exact) mass is 408 g/mol. The standard InChI is InChI=1S/C22H24N4O2S/c1-14-5-7-15(8-6-14)19(27)23-16-9-11-17(12-10-16)24-20(28)26-21-25-18(13-29-21)22(2,3)4/h5-13H,1-4H3,(H,23,27)(H2,24,25,26,28). The molecule has 0 aliphatic carbocycles. The number of aryl methyl sites for hydroxylation is 1. The SMILES string of the molecule is Cc1ccc(C(=O)Nc2ccc(NC(=O)Nc3nc(C(C)(C)C)cs3)cc2)cc1. The van der Waals surface area contributed by atoms with Crippen molar-refractivity contribution in [1.29, 1.82) is 0 Å². The molecular formula is C22H24N4O2S. The molecule has 0 aliphatic heterocycles. The van der Waals surface area contributed by atoms with Gasteiger partial charge in [-0.25, -0.2) is 9.78 Å². The molecule has 0 fully saturated rings. The second kappa shape index (κ2) is 8.45. The quantitative estimate of drug-likeness (QED) is 0.522. The Kier molecular flexibility index (Phi) is 5.98. The van der Waals surface area contributed by atoms with Gasteiger partial charge in [0.2, 0.25) is 0 Å². The molecule has 29 heavy (non-hydrogen) atoms. The molecule has 0 bridgehead atoms. The van der Waals surface area contributed by atoms with Gasteiger partial charge < -0.3 is 10.6 Å². The number of hydrogen-bond acceptors (Lipinski definition) is 4. The molecule has 3 N–H and O–H groups in total. The van der Waals surface area contributed by atoms with E-state index in [1.165, 1.54) is 11.3 Å². The van der Waals surface area contributed by atoms with Crippen LogP contribution in [0.4, 0.5) is 21.3 Å². The number of urea groups is 1. The van der Waals surface area contributed by atoms with E-state index in [9.17, 15) is 9.59 Å². The van der Waals surface area contributed by atoms with Crippen LogP contribution < -0.4 is 16.0 Å². The lowest BCUT2D eigenvalue weighted by Gasteiger charge is -2.14. The number of nitrogens with zero attached hydrogens (tertiary/aromatic N) is 1. The Morgan fingerprint density at radius 2 is 1.45 bits per heavy atom. The summed E-state index contributed by atoms with van der Waals surface area (Å²) in [5, 5.41) is 10.8. The van der Waals surface area contributed by atoms with Crippen LogP contribution in [0.25, 0.3) is 0 Å². The zero-order chi connectivity index (χ0) is 21.0. The first-order valence-corrected chi connectivity index (χ1v) is 10.1. The molecule has 0 radical (unpaired) electrons. The molecule has 3 rings (SSSR count). The molecule has 0 saturated heterocycles. The zero-order valence-corrected chi connectivity index (χ0v) is 17.7. The van der Waals surface area contributed by atoms with Gasteiger partial charge in [0.05, 0.1) is 5.69 Å². The molecule has 150 valence electrons. The molecule has 2 aromatic carbocycles. The predicted molar refractivity (Wildman–Crippen MR) is 119 cm³/mol. The Morgan fingerprint density at radius 3 is 2.00 bits per heavy atom. The first kappa shape index (κ1) is 20.5. The molecule has 0 saturated carbocycles. The number of rotatable bonds is 4. The molecule has 0 aliphatic rings. The Balaban J connectivity index is 1.56. The predicted octanol–water partition coefficient (Wildman–Crippen LogP) is 5.65. The molecule has 6 nitrogen and oxygen atoms in total. The van der Waals surface area contributed by atoms with Crippen molar-refractivity contribution >= 4 is 39.8 Å². The Bertz CT molecular complexity index is 1000. The fourth-order valence-electron chi connectivity index (χ4n) is 2.48. The van der Waals surface area contributed by atoms with Crippen LogP contribution in [0.5, 0.6) is 0 Å². The lowest BCUT2D eigenvalue weighted by Crippen LogP contribution is -2.20. The van der Waals surface area contributed by atoms with E-state index in [0.29, 0.717) is 22.1 Å². The van der Waals surface area contributed by atoms with Gasteiger partial charge in [0.25, 0.3) is 5.91 Å². The van der Waals surface area contributed by atoms with Crippen molar-refractivity contribution < 1.29 is 9.59 Å². The fraction of sp³-hybridized carbons (Fsp3) is 0.227. The summed E-state index contributed by atoms with van der Waals surface area (Å²) >= 11 is 1.39. The summed E-state index contributed by atoms with van der Waals surface area (Å²) in [7, 11) is 0. The van der Waals surface area contributed by atoms with Gasteiger partial charge in [0, 0.05) is 27.7 Å². The minimum atomic E-state index is -0.365. The third-order valence-corrected chi connectivity index (χ3v) is 4.97. The summed E-state index contributed by atoms with van der Waals surface area (Å²) in [5.41, 5.74) is 3.83. The summed E-state index contributed by atoms with van der Waals surface area (Å²) in [6, 6.07) is 13.9. The van der Waals surface area contributed by atoms with Crippen molar-refractivity contribution in [1.82, 2.24) is 4.98 Å². The van der Waals surface area contributed by atoms with Gasteiger partial charge in [-0.2, -0.15) is 0 Å². The Morgan fingerprint density at radius 1 is 0.862 bits per heavy atom. The lowest BCUT2D eigenvalue weighted by molar-refractivity contribution is 0.102. The number of carbonyl (C=O) groups excluding carboxylic acids is 2. The molecule has 0 spiro atoms. The van der Waals surface area contributed by atoms with Gasteiger partial charge >= 0.3 is 6.03 Å². The van der Waals surface area contributed by atoms with Crippen molar-refractivity contribution in [2.75, 3.05) is 16.0 Å². The number of carbonyl (C=O) groups is 2. The van der Waals surface area contributed by atoms with E-state index in [1.807, 2.05) is 24.4 Å². The van der Waals surface area contributed by atoms with E-state index in [1.54, 1.807) is 36.4 Å². The van der Waals surface area contributed by atoms with Crippen molar-refractivity contribution in [3.8, 4) is 0 Å². The normalized spacial score (nSPS) is 11.0. The topological polar surface area (TPSA) is 83.1 Å². The van der Waals surface area contributed by atoms with Crippen molar-refractivity contribution in [3.63, 3.8) is 0 Å². The number of amides is 3. The second-order valence-electron chi connectivity index (χ2n) is 7.76. The number of hydrogen-bond donors (Lipinski definition) is 3. The van der Waals surface area contributed by atoms with Gasteiger partial charge in [0.1, 0.15) is 0 Å². The second-order valence-corrected chi connectivity index (χ2v) is 8.62. The average molecular weight is 409 g/mol. The van der Waals surface area contributed by atoms with Crippen molar-refractivity contribution in [2.45, 2.75) is 33.1 Å². The molecule has 7 heteroatoms. The highest BCUT2D eigenvalue weighted by molar-refractivity contribution is 7.14. The number of benzene rings is 2. The first-order valence-electron chi connectivity index (χ1n) is 9.23. The van der Waals surface area contributed by atoms with E-state index in [4.69, 9.17) is 0 Å². The molecule has 0 atom stereocenters. The summed E-state index contributed by atoms with van der Waals surface area (Å²) in [4.78, 5) is 28.9. The molecule has 0 unspecified atom stereocenters. The molecular weight excluding hydrogens is 384 g/mol. The highest BCUT2D eigenvalue weighted by atomic mass is 32.1. The minimum Gasteiger partial charge on any atom is -0.322 e. The van der Waals surface area contributed by atoms with E-state index >= 15 is 0 Å². The number of thiazole rings is 1. The van der Waals surface area contributed by atoms with E-state index in [-0.39, 0.29) is 17.4 Å². The summed E-state index contributed by atoms with van der Waals surface area (Å²) in [5.74, 6) is -0.179. The van der Waals surface area contributed by atoms with E-state index in [0.717, 1.165) is 11.3 Å². The molecule has 3 amide bonds. The maximum atomic E-state index is 12.3. The van der Waals surface area contributed by atoms with Crippen LogP contribution in [0.1, 0.15) is 42.4 Å². The zero-order valence-electron chi connectivity index (χ0n) is 16.9. The van der Waals surface area contributed by atoms with Crippen LogP contribution in [0.15, 0.2) is 53.9 Å². The van der Waals surface area contributed by atoms with Crippen LogP contribution in [0, 0.1) is 6.92 Å². The smallest absolute Gasteiger partial charge is 0.322 e. The fourth-order valence-corrected chi connectivity index (χ4v) is 3.41. The van der Waals surface area contributed by atoms with Gasteiger partial charge in [-0.1, -0.05) is 38.5 Å². The van der Waals surface area contributed by atoms with Crippen LogP contribution in [-0.2, 0) is 5.41 Å². The summed E-state index contributed by atoms with van der Waals surface area (Å²) in [6.45, 7) is 8.20. The number of aromatic nitrogens is 1. The molecule has 1 aromatic heterocycles. The van der Waals surface area contributed by atoms with Crippen LogP contribution in [0.3, 0.4) is 0 Å². The summed E-state index contributed by atoms with van der Waals surface area (Å²) < 4.78 is 0. The Hall–Kier alpha value is -3.19. The highest BCUT2D eigenvalue weighted by Gasteiger charge is 2.18.